The van der Waals surface area contributed by atoms with Crippen LogP contribution in [-0.2, 0) is 14.3 Å². The van der Waals surface area contributed by atoms with Gasteiger partial charge in [-0.05, 0) is 13.3 Å². The summed E-state index contributed by atoms with van der Waals surface area (Å²) in [5.74, 6) is -0.538. The minimum Gasteiger partial charge on any atom is -0.466 e. The first-order chi connectivity index (χ1) is 6.61. The molecule has 0 unspecified atom stereocenters. The second-order valence-corrected chi connectivity index (χ2v) is 3.21. The van der Waals surface area contributed by atoms with Gasteiger partial charge in [-0.3, -0.25) is 9.59 Å². The van der Waals surface area contributed by atoms with Crippen molar-refractivity contribution in [1.29, 1.82) is 0 Å². The van der Waals surface area contributed by atoms with Crippen LogP contribution < -0.4 is 5.32 Å². The molecule has 0 aromatic carbocycles. The molecule has 1 atom stereocenters. The first-order valence-corrected chi connectivity index (χ1v) is 5.05. The molecule has 0 heterocycles. The smallest absolute Gasteiger partial charge is 0.310 e. The normalized spacial score (nSPS) is 11.9. The topological polar surface area (TPSA) is 55.4 Å². The summed E-state index contributed by atoms with van der Waals surface area (Å²) < 4.78 is 4.81. The number of carbonyl (C=O) groups excluding carboxylic acids is 2. The van der Waals surface area contributed by atoms with E-state index in [1.807, 2.05) is 6.92 Å². The molecule has 0 fully saturated rings. The Morgan fingerprint density at radius 2 is 2.00 bits per heavy atom. The van der Waals surface area contributed by atoms with Crippen molar-refractivity contribution in [2.45, 2.75) is 33.6 Å². The van der Waals surface area contributed by atoms with Crippen LogP contribution >= 0.6 is 0 Å². The van der Waals surface area contributed by atoms with Gasteiger partial charge in [0.15, 0.2) is 0 Å². The molecular formula is C10H19NO3. The quantitative estimate of drug-likeness (QED) is 0.655. The van der Waals surface area contributed by atoms with E-state index in [9.17, 15) is 9.59 Å². The molecule has 0 aromatic heterocycles. The van der Waals surface area contributed by atoms with Gasteiger partial charge in [0, 0.05) is 13.0 Å². The molecule has 0 rings (SSSR count). The first-order valence-electron chi connectivity index (χ1n) is 5.05. The maximum atomic E-state index is 11.1. The predicted molar refractivity (Wildman–Crippen MR) is 53.7 cm³/mol. The lowest BCUT2D eigenvalue weighted by Crippen LogP contribution is -2.32. The van der Waals surface area contributed by atoms with Gasteiger partial charge in [0.05, 0.1) is 12.5 Å². The third-order valence-corrected chi connectivity index (χ3v) is 1.77. The van der Waals surface area contributed by atoms with E-state index in [0.717, 1.165) is 6.42 Å². The highest BCUT2D eigenvalue weighted by molar-refractivity contribution is 5.77. The number of amides is 1. The van der Waals surface area contributed by atoms with Gasteiger partial charge in [-0.15, -0.1) is 0 Å². The third-order valence-electron chi connectivity index (χ3n) is 1.77. The fourth-order valence-electron chi connectivity index (χ4n) is 0.950. The molecular weight excluding hydrogens is 182 g/mol. The van der Waals surface area contributed by atoms with Gasteiger partial charge >= 0.3 is 5.97 Å². The van der Waals surface area contributed by atoms with Crippen molar-refractivity contribution in [1.82, 2.24) is 5.32 Å². The van der Waals surface area contributed by atoms with E-state index in [1.54, 1.807) is 13.8 Å². The minimum absolute atomic E-state index is 0.0105. The van der Waals surface area contributed by atoms with Crippen LogP contribution in [0.15, 0.2) is 0 Å². The van der Waals surface area contributed by atoms with E-state index in [2.05, 4.69) is 5.32 Å². The molecule has 4 nitrogen and oxygen atoms in total. The van der Waals surface area contributed by atoms with Crippen molar-refractivity contribution in [3.63, 3.8) is 0 Å². The monoisotopic (exact) mass is 201 g/mol. The van der Waals surface area contributed by atoms with Crippen molar-refractivity contribution >= 4 is 11.9 Å². The lowest BCUT2D eigenvalue weighted by atomic mass is 10.2. The average Bonchev–Trinajstić information content (AvgIpc) is 2.15. The summed E-state index contributed by atoms with van der Waals surface area (Å²) >= 11 is 0. The van der Waals surface area contributed by atoms with Gasteiger partial charge in [0.25, 0.3) is 0 Å². The number of hydrogen-bond donors (Lipinski definition) is 1. The molecule has 4 heteroatoms. The Morgan fingerprint density at radius 1 is 1.36 bits per heavy atom. The second kappa shape index (κ2) is 7.35. The lowest BCUT2D eigenvalue weighted by Gasteiger charge is -2.11. The minimum atomic E-state index is -0.268. The zero-order valence-electron chi connectivity index (χ0n) is 9.13. The van der Waals surface area contributed by atoms with Gasteiger partial charge < -0.3 is 10.1 Å². The SMILES string of the molecule is CCCC(=O)NC[C@H](C)C(=O)OCC. The fraction of sp³-hybridized carbons (Fsp3) is 0.800. The van der Waals surface area contributed by atoms with Crippen molar-refractivity contribution in [3.8, 4) is 0 Å². The van der Waals surface area contributed by atoms with E-state index in [4.69, 9.17) is 4.74 Å². The summed E-state index contributed by atoms with van der Waals surface area (Å²) in [5, 5.41) is 2.68. The van der Waals surface area contributed by atoms with E-state index in [1.165, 1.54) is 0 Å². The summed E-state index contributed by atoms with van der Waals surface area (Å²) in [7, 11) is 0. The summed E-state index contributed by atoms with van der Waals surface area (Å²) in [4.78, 5) is 22.2. The molecule has 1 amide bonds. The second-order valence-electron chi connectivity index (χ2n) is 3.21. The van der Waals surface area contributed by atoms with Gasteiger partial charge in [0.2, 0.25) is 5.91 Å². The van der Waals surface area contributed by atoms with Crippen LogP contribution in [0.5, 0.6) is 0 Å². The Hall–Kier alpha value is -1.06. The maximum absolute atomic E-state index is 11.1. The molecule has 0 saturated carbocycles. The van der Waals surface area contributed by atoms with Crippen molar-refractivity contribution in [3.05, 3.63) is 0 Å². The molecule has 82 valence electrons. The number of esters is 1. The number of hydrogen-bond acceptors (Lipinski definition) is 3. The number of carbonyl (C=O) groups is 2. The molecule has 0 bridgehead atoms. The van der Waals surface area contributed by atoms with Crippen LogP contribution in [0.1, 0.15) is 33.6 Å². The summed E-state index contributed by atoms with van der Waals surface area (Å²) in [6.45, 7) is 6.18. The molecule has 0 aromatic rings. The zero-order chi connectivity index (χ0) is 11.0. The largest absolute Gasteiger partial charge is 0.466 e. The van der Waals surface area contributed by atoms with Crippen LogP contribution in [0, 0.1) is 5.92 Å². The fourth-order valence-corrected chi connectivity index (χ4v) is 0.950. The molecule has 0 aliphatic heterocycles. The Morgan fingerprint density at radius 3 is 2.50 bits per heavy atom. The highest BCUT2D eigenvalue weighted by atomic mass is 16.5. The van der Waals surface area contributed by atoms with Gasteiger partial charge in [0.1, 0.15) is 0 Å². The summed E-state index contributed by atoms with van der Waals surface area (Å²) in [5.41, 5.74) is 0. The van der Waals surface area contributed by atoms with Crippen molar-refractivity contribution in [2.24, 2.45) is 5.92 Å². The van der Waals surface area contributed by atoms with E-state index in [0.29, 0.717) is 19.6 Å². The Kier molecular flexibility index (Phi) is 6.80. The molecule has 0 aliphatic rings. The molecule has 0 saturated heterocycles. The third kappa shape index (κ3) is 5.56. The highest BCUT2D eigenvalue weighted by Gasteiger charge is 2.14. The van der Waals surface area contributed by atoms with Crippen LogP contribution in [0.2, 0.25) is 0 Å². The molecule has 0 radical (unpaired) electrons. The Balaban J connectivity index is 3.67. The first kappa shape index (κ1) is 12.9. The number of ether oxygens (including phenoxy) is 1. The maximum Gasteiger partial charge on any atom is 0.310 e. The van der Waals surface area contributed by atoms with Crippen molar-refractivity contribution in [2.75, 3.05) is 13.2 Å². The van der Waals surface area contributed by atoms with Crippen LogP contribution in [0.3, 0.4) is 0 Å². The van der Waals surface area contributed by atoms with Crippen LogP contribution in [0.25, 0.3) is 0 Å². The van der Waals surface area contributed by atoms with Gasteiger partial charge in [-0.25, -0.2) is 0 Å². The van der Waals surface area contributed by atoms with Crippen LogP contribution in [-0.4, -0.2) is 25.0 Å². The molecule has 0 spiro atoms. The predicted octanol–water partition coefficient (Wildman–Crippen LogP) is 1.10. The Labute approximate surface area is 85.0 Å². The zero-order valence-corrected chi connectivity index (χ0v) is 9.13. The molecule has 14 heavy (non-hydrogen) atoms. The van der Waals surface area contributed by atoms with Crippen molar-refractivity contribution < 1.29 is 14.3 Å². The molecule has 1 N–H and O–H groups in total. The summed E-state index contributed by atoms with van der Waals surface area (Å²) in [6.07, 6.45) is 1.33. The van der Waals surface area contributed by atoms with Gasteiger partial charge in [-0.2, -0.15) is 0 Å². The highest BCUT2D eigenvalue weighted by Crippen LogP contribution is 1.97. The van der Waals surface area contributed by atoms with Crippen LogP contribution in [0.4, 0.5) is 0 Å². The lowest BCUT2D eigenvalue weighted by molar-refractivity contribution is -0.147. The van der Waals surface area contributed by atoms with E-state index < -0.39 is 0 Å². The van der Waals surface area contributed by atoms with E-state index >= 15 is 0 Å². The van der Waals surface area contributed by atoms with Gasteiger partial charge in [-0.1, -0.05) is 13.8 Å². The number of nitrogens with one attached hydrogen (secondary N) is 1. The average molecular weight is 201 g/mol. The van der Waals surface area contributed by atoms with E-state index in [-0.39, 0.29) is 17.8 Å². The summed E-state index contributed by atoms with van der Waals surface area (Å²) in [6, 6.07) is 0. The molecule has 0 aliphatic carbocycles. The standard InChI is InChI=1S/C10H19NO3/c1-4-6-9(12)11-7-8(3)10(13)14-5-2/h8H,4-7H2,1-3H3,(H,11,12)/t8-/m0/s1. The Bertz CT molecular complexity index is 192. The number of rotatable bonds is 6.